The first kappa shape index (κ1) is 14.7. The van der Waals surface area contributed by atoms with E-state index in [0.29, 0.717) is 12.5 Å². The van der Waals surface area contributed by atoms with Gasteiger partial charge < -0.3 is 18.7 Å². The Morgan fingerprint density at radius 2 is 2.04 bits per heavy atom. The number of aromatic nitrogens is 4. The molecule has 2 aromatic rings. The predicted molar refractivity (Wildman–Crippen MR) is 84.4 cm³/mol. The van der Waals surface area contributed by atoms with Crippen LogP contribution in [0, 0.1) is 13.8 Å². The quantitative estimate of drug-likeness (QED) is 0.841. The molecule has 23 heavy (non-hydrogen) atoms. The third-order valence-electron chi connectivity index (χ3n) is 4.90. The van der Waals surface area contributed by atoms with Crippen LogP contribution in [0.3, 0.4) is 0 Å². The molecule has 124 valence electrons. The third kappa shape index (κ3) is 2.73. The molecule has 2 aliphatic rings. The molecule has 7 nitrogen and oxygen atoms in total. The lowest BCUT2D eigenvalue weighted by Crippen LogP contribution is -2.25. The summed E-state index contributed by atoms with van der Waals surface area (Å²) >= 11 is 0. The molecule has 1 aliphatic carbocycles. The van der Waals surface area contributed by atoms with Gasteiger partial charge in [0.15, 0.2) is 0 Å². The van der Waals surface area contributed by atoms with Crippen LogP contribution in [0.15, 0.2) is 4.52 Å². The van der Waals surface area contributed by atoms with Gasteiger partial charge in [0.1, 0.15) is 11.6 Å². The summed E-state index contributed by atoms with van der Waals surface area (Å²) < 4.78 is 13.4. The van der Waals surface area contributed by atoms with Crippen LogP contribution < -0.4 is 4.90 Å². The van der Waals surface area contributed by atoms with E-state index in [9.17, 15) is 0 Å². The van der Waals surface area contributed by atoms with Crippen molar-refractivity contribution < 1.29 is 9.26 Å². The van der Waals surface area contributed by atoms with E-state index in [1.165, 1.54) is 12.8 Å². The summed E-state index contributed by atoms with van der Waals surface area (Å²) in [5.41, 5.74) is 1.98. The summed E-state index contributed by atoms with van der Waals surface area (Å²) in [6.45, 7) is 6.27. The molecule has 0 amide bonds. The van der Waals surface area contributed by atoms with Gasteiger partial charge >= 0.3 is 0 Å². The molecule has 0 N–H and O–H groups in total. The van der Waals surface area contributed by atoms with E-state index < -0.39 is 0 Å². The first-order chi connectivity index (χ1) is 11.1. The Labute approximate surface area is 135 Å². The van der Waals surface area contributed by atoms with Gasteiger partial charge in [-0.3, -0.25) is 0 Å². The second-order valence-electron chi connectivity index (χ2n) is 6.66. The minimum absolute atomic E-state index is 0.213. The monoisotopic (exact) mass is 317 g/mol. The van der Waals surface area contributed by atoms with Crippen LogP contribution in [0.4, 0.5) is 5.95 Å². The summed E-state index contributed by atoms with van der Waals surface area (Å²) in [7, 11) is 2.07. The number of hydrogen-bond acceptors (Lipinski definition) is 6. The van der Waals surface area contributed by atoms with E-state index in [1.54, 1.807) is 0 Å². The van der Waals surface area contributed by atoms with E-state index in [1.807, 2.05) is 13.8 Å². The average Bonchev–Trinajstić information content (AvgIpc) is 3.01. The minimum atomic E-state index is 0.213. The highest BCUT2D eigenvalue weighted by atomic mass is 16.5. The lowest BCUT2D eigenvalue weighted by Gasteiger charge is -2.17. The van der Waals surface area contributed by atoms with Gasteiger partial charge in [-0.05, 0) is 33.1 Å². The standard InChI is InChI=1S/C16H23N5O2/c1-10-14(11(2)23-19-10)9-22-13-6-7-21(8-13)16-18-17-15(20(16)3)12-4-5-12/h12-13H,4-9H2,1-3H3. The Bertz CT molecular complexity index is 684. The lowest BCUT2D eigenvalue weighted by atomic mass is 10.2. The predicted octanol–water partition coefficient (Wildman–Crippen LogP) is 2.09. The SMILES string of the molecule is Cc1noc(C)c1COC1CCN(c2nnc(C3CC3)n2C)C1. The van der Waals surface area contributed by atoms with Gasteiger partial charge in [-0.2, -0.15) is 0 Å². The molecule has 2 fully saturated rings. The Hall–Kier alpha value is -1.89. The van der Waals surface area contributed by atoms with Gasteiger partial charge in [0.05, 0.1) is 18.4 Å². The van der Waals surface area contributed by atoms with Crippen molar-refractivity contribution in [2.75, 3.05) is 18.0 Å². The van der Waals surface area contributed by atoms with Crippen LogP contribution in [0.25, 0.3) is 0 Å². The molecule has 1 atom stereocenters. The summed E-state index contributed by atoms with van der Waals surface area (Å²) in [5, 5.41) is 12.7. The van der Waals surface area contributed by atoms with Gasteiger partial charge in [-0.25, -0.2) is 0 Å². The topological polar surface area (TPSA) is 69.2 Å². The fourth-order valence-electron chi connectivity index (χ4n) is 3.26. The second kappa shape index (κ2) is 5.63. The largest absolute Gasteiger partial charge is 0.371 e. The van der Waals surface area contributed by atoms with Crippen molar-refractivity contribution in [3.63, 3.8) is 0 Å². The third-order valence-corrected chi connectivity index (χ3v) is 4.90. The number of ether oxygens (including phenoxy) is 1. The van der Waals surface area contributed by atoms with Crippen molar-refractivity contribution in [2.24, 2.45) is 7.05 Å². The van der Waals surface area contributed by atoms with Crippen molar-refractivity contribution in [1.82, 2.24) is 19.9 Å². The van der Waals surface area contributed by atoms with Crippen LogP contribution in [0.5, 0.6) is 0 Å². The summed E-state index contributed by atoms with van der Waals surface area (Å²) in [6.07, 6.45) is 3.71. The Morgan fingerprint density at radius 3 is 2.74 bits per heavy atom. The minimum Gasteiger partial charge on any atom is -0.371 e. The van der Waals surface area contributed by atoms with Crippen molar-refractivity contribution in [2.45, 2.75) is 51.7 Å². The van der Waals surface area contributed by atoms with Crippen LogP contribution >= 0.6 is 0 Å². The normalized spacial score (nSPS) is 21.3. The highest BCUT2D eigenvalue weighted by Crippen LogP contribution is 2.39. The maximum atomic E-state index is 6.07. The van der Waals surface area contributed by atoms with Crippen molar-refractivity contribution >= 4 is 5.95 Å². The molecule has 1 saturated heterocycles. The zero-order chi connectivity index (χ0) is 16.0. The molecule has 0 radical (unpaired) electrons. The highest BCUT2D eigenvalue weighted by molar-refractivity contribution is 5.34. The number of anilines is 1. The molecule has 1 unspecified atom stereocenters. The molecule has 4 rings (SSSR count). The molecule has 0 spiro atoms. The molecule has 0 bridgehead atoms. The van der Waals surface area contributed by atoms with Gasteiger partial charge in [0.25, 0.3) is 0 Å². The zero-order valence-corrected chi connectivity index (χ0v) is 13.9. The summed E-state index contributed by atoms with van der Waals surface area (Å²) in [4.78, 5) is 2.27. The first-order valence-corrected chi connectivity index (χ1v) is 8.31. The lowest BCUT2D eigenvalue weighted by molar-refractivity contribution is 0.0543. The molecule has 1 aliphatic heterocycles. The maximum Gasteiger partial charge on any atom is 0.227 e. The molecule has 7 heteroatoms. The van der Waals surface area contributed by atoms with Crippen LogP contribution in [0.2, 0.25) is 0 Å². The smallest absolute Gasteiger partial charge is 0.227 e. The molecule has 3 heterocycles. The Balaban J connectivity index is 1.37. The Morgan fingerprint density at radius 1 is 1.22 bits per heavy atom. The fraction of sp³-hybridized carbons (Fsp3) is 0.688. The van der Waals surface area contributed by atoms with E-state index in [-0.39, 0.29) is 6.10 Å². The molecular weight excluding hydrogens is 294 g/mol. The molecular formula is C16H23N5O2. The van der Waals surface area contributed by atoms with Gasteiger partial charge in [0.2, 0.25) is 5.95 Å². The maximum absolute atomic E-state index is 6.07. The van der Waals surface area contributed by atoms with Crippen molar-refractivity contribution in [3.8, 4) is 0 Å². The Kier molecular flexibility index (Phi) is 3.60. The highest BCUT2D eigenvalue weighted by Gasteiger charge is 2.32. The van der Waals surface area contributed by atoms with E-state index in [0.717, 1.165) is 48.3 Å². The van der Waals surface area contributed by atoms with E-state index >= 15 is 0 Å². The number of aryl methyl sites for hydroxylation is 2. The van der Waals surface area contributed by atoms with Gasteiger partial charge in [0, 0.05) is 31.6 Å². The average molecular weight is 317 g/mol. The molecule has 0 aromatic carbocycles. The van der Waals surface area contributed by atoms with Gasteiger partial charge in [-0.15, -0.1) is 10.2 Å². The molecule has 2 aromatic heterocycles. The molecule has 1 saturated carbocycles. The van der Waals surface area contributed by atoms with Crippen LogP contribution in [0.1, 0.15) is 48.0 Å². The zero-order valence-electron chi connectivity index (χ0n) is 13.9. The summed E-state index contributed by atoms with van der Waals surface area (Å²) in [6, 6.07) is 0. The van der Waals surface area contributed by atoms with Gasteiger partial charge in [-0.1, -0.05) is 5.16 Å². The number of rotatable bonds is 5. The first-order valence-electron chi connectivity index (χ1n) is 8.31. The summed E-state index contributed by atoms with van der Waals surface area (Å²) in [5.74, 6) is 3.56. The fourth-order valence-corrected chi connectivity index (χ4v) is 3.26. The van der Waals surface area contributed by atoms with Crippen molar-refractivity contribution in [1.29, 1.82) is 0 Å². The van der Waals surface area contributed by atoms with Crippen molar-refractivity contribution in [3.05, 3.63) is 22.8 Å². The van der Waals surface area contributed by atoms with E-state index in [4.69, 9.17) is 9.26 Å². The van der Waals surface area contributed by atoms with Crippen LogP contribution in [-0.2, 0) is 18.4 Å². The number of hydrogen-bond donors (Lipinski definition) is 0. The second-order valence-corrected chi connectivity index (χ2v) is 6.66. The number of nitrogens with zero attached hydrogens (tertiary/aromatic N) is 5. The van der Waals surface area contributed by atoms with Crippen LogP contribution in [-0.4, -0.2) is 39.1 Å². The van der Waals surface area contributed by atoms with E-state index in [2.05, 4.69) is 31.9 Å².